The van der Waals surface area contributed by atoms with Crippen molar-refractivity contribution in [1.82, 2.24) is 9.78 Å². The molecule has 4 aromatic rings. The van der Waals surface area contributed by atoms with E-state index in [0.29, 0.717) is 26.9 Å². The molecule has 0 atom stereocenters. The fourth-order valence-electron chi connectivity index (χ4n) is 3.01. The van der Waals surface area contributed by atoms with Gasteiger partial charge in [-0.05, 0) is 48.5 Å². The number of sulfonamides is 1. The molecule has 5 nitrogen and oxygen atoms in total. The number of hydrogen-bond donors (Lipinski definition) is 1. The SMILES string of the molecule is NS(=O)(=O)c1ccc(-n2nc(-c3ccc(Cl)cc3)c(F)c2-c2ccc(Cl)cc2)cc1. The molecule has 0 fully saturated rings. The molecule has 4 rings (SSSR count). The Labute approximate surface area is 182 Å². The van der Waals surface area contributed by atoms with Crippen molar-refractivity contribution < 1.29 is 12.8 Å². The molecule has 0 aliphatic heterocycles. The van der Waals surface area contributed by atoms with E-state index < -0.39 is 15.8 Å². The molecule has 3 aromatic carbocycles. The summed E-state index contributed by atoms with van der Waals surface area (Å²) in [6.45, 7) is 0. The largest absolute Gasteiger partial charge is 0.238 e. The van der Waals surface area contributed by atoms with Crippen LogP contribution in [-0.2, 0) is 10.0 Å². The molecule has 152 valence electrons. The summed E-state index contributed by atoms with van der Waals surface area (Å²) in [4.78, 5) is -0.0511. The molecule has 0 bridgehead atoms. The number of rotatable bonds is 4. The molecule has 0 aliphatic carbocycles. The van der Waals surface area contributed by atoms with Gasteiger partial charge < -0.3 is 0 Å². The van der Waals surface area contributed by atoms with E-state index >= 15 is 4.39 Å². The van der Waals surface area contributed by atoms with Crippen LogP contribution in [0.3, 0.4) is 0 Å². The zero-order valence-corrected chi connectivity index (χ0v) is 17.6. The monoisotopic (exact) mass is 461 g/mol. The normalized spacial score (nSPS) is 11.6. The highest BCUT2D eigenvalue weighted by molar-refractivity contribution is 7.89. The van der Waals surface area contributed by atoms with Crippen LogP contribution in [0.2, 0.25) is 10.0 Å². The fraction of sp³-hybridized carbons (Fsp3) is 0. The minimum absolute atomic E-state index is 0.0511. The van der Waals surface area contributed by atoms with Gasteiger partial charge in [-0.3, -0.25) is 0 Å². The Balaban J connectivity index is 1.93. The fourth-order valence-corrected chi connectivity index (χ4v) is 3.78. The third-order valence-corrected chi connectivity index (χ3v) is 5.91. The van der Waals surface area contributed by atoms with Crippen LogP contribution in [0.25, 0.3) is 28.2 Å². The van der Waals surface area contributed by atoms with Crippen LogP contribution < -0.4 is 5.14 Å². The summed E-state index contributed by atoms with van der Waals surface area (Å²) >= 11 is 11.9. The van der Waals surface area contributed by atoms with Gasteiger partial charge in [-0.1, -0.05) is 47.5 Å². The van der Waals surface area contributed by atoms with E-state index in [2.05, 4.69) is 5.10 Å². The predicted octanol–water partition coefficient (Wildman–Crippen LogP) is 5.30. The molecule has 1 aromatic heterocycles. The van der Waals surface area contributed by atoms with Crippen molar-refractivity contribution in [3.63, 3.8) is 0 Å². The summed E-state index contributed by atoms with van der Waals surface area (Å²) < 4.78 is 40.1. The first-order valence-corrected chi connectivity index (χ1v) is 11.0. The van der Waals surface area contributed by atoms with Crippen LogP contribution in [0.15, 0.2) is 77.7 Å². The minimum atomic E-state index is -3.85. The molecular formula is C21H14Cl2FN3O2S. The highest BCUT2D eigenvalue weighted by Crippen LogP contribution is 2.34. The Morgan fingerprint density at radius 2 is 1.30 bits per heavy atom. The summed E-state index contributed by atoms with van der Waals surface area (Å²) in [6.07, 6.45) is 0. The summed E-state index contributed by atoms with van der Waals surface area (Å²) in [5.74, 6) is -0.532. The third-order valence-electron chi connectivity index (χ3n) is 4.47. The molecule has 2 N–H and O–H groups in total. The summed E-state index contributed by atoms with van der Waals surface area (Å²) in [5.41, 5.74) is 1.91. The van der Waals surface area contributed by atoms with Gasteiger partial charge in [0.05, 0.1) is 10.6 Å². The number of hydrogen-bond acceptors (Lipinski definition) is 3. The van der Waals surface area contributed by atoms with Gasteiger partial charge in [0.2, 0.25) is 10.0 Å². The first kappa shape index (κ1) is 20.6. The van der Waals surface area contributed by atoms with Crippen LogP contribution in [0.4, 0.5) is 4.39 Å². The zero-order valence-electron chi connectivity index (χ0n) is 15.3. The van der Waals surface area contributed by atoms with Crippen LogP contribution in [0.5, 0.6) is 0 Å². The second kappa shape index (κ2) is 7.85. The van der Waals surface area contributed by atoms with Crippen molar-refractivity contribution in [1.29, 1.82) is 0 Å². The van der Waals surface area contributed by atoms with Crippen LogP contribution in [-0.4, -0.2) is 18.2 Å². The minimum Gasteiger partial charge on any atom is -0.229 e. The Morgan fingerprint density at radius 3 is 1.80 bits per heavy atom. The maximum atomic E-state index is 15.6. The maximum Gasteiger partial charge on any atom is 0.238 e. The number of aromatic nitrogens is 2. The van der Waals surface area contributed by atoms with E-state index in [-0.39, 0.29) is 16.3 Å². The van der Waals surface area contributed by atoms with Crippen molar-refractivity contribution in [2.45, 2.75) is 4.90 Å². The number of halogens is 3. The standard InChI is InChI=1S/C21H14Cl2FN3O2S/c22-15-5-1-13(2-6-15)20-19(24)21(14-3-7-16(23)8-4-14)27(26-20)17-9-11-18(12-10-17)30(25,28)29/h1-12H,(H2,25,28,29). The molecule has 9 heteroatoms. The van der Waals surface area contributed by atoms with Crippen LogP contribution in [0.1, 0.15) is 0 Å². The van der Waals surface area contributed by atoms with Crippen LogP contribution in [0, 0.1) is 5.82 Å². The topological polar surface area (TPSA) is 78.0 Å². The number of benzene rings is 3. The molecule has 0 radical (unpaired) electrons. The molecule has 0 saturated carbocycles. The van der Waals surface area contributed by atoms with Gasteiger partial charge >= 0.3 is 0 Å². The van der Waals surface area contributed by atoms with Gasteiger partial charge in [0.25, 0.3) is 0 Å². The van der Waals surface area contributed by atoms with Gasteiger partial charge in [-0.2, -0.15) is 5.10 Å². The van der Waals surface area contributed by atoms with Gasteiger partial charge in [-0.15, -0.1) is 0 Å². The highest BCUT2D eigenvalue weighted by atomic mass is 35.5. The molecule has 0 amide bonds. The Morgan fingerprint density at radius 1 is 0.800 bits per heavy atom. The van der Waals surface area contributed by atoms with Gasteiger partial charge in [-0.25, -0.2) is 22.6 Å². The summed E-state index contributed by atoms with van der Waals surface area (Å²) in [5, 5.41) is 10.7. The lowest BCUT2D eigenvalue weighted by Gasteiger charge is -2.08. The maximum absolute atomic E-state index is 15.6. The Bertz CT molecular complexity index is 1320. The van der Waals surface area contributed by atoms with E-state index in [4.69, 9.17) is 28.3 Å². The van der Waals surface area contributed by atoms with Crippen molar-refractivity contribution in [3.8, 4) is 28.2 Å². The number of nitrogens with two attached hydrogens (primary N) is 1. The van der Waals surface area contributed by atoms with Crippen molar-refractivity contribution in [2.24, 2.45) is 5.14 Å². The molecular weight excluding hydrogens is 448 g/mol. The Hall–Kier alpha value is -2.71. The van der Waals surface area contributed by atoms with Gasteiger partial charge in [0.15, 0.2) is 5.82 Å². The lowest BCUT2D eigenvalue weighted by Crippen LogP contribution is -2.12. The second-order valence-corrected chi connectivity index (χ2v) is 8.91. The predicted molar refractivity (Wildman–Crippen MR) is 116 cm³/mol. The lowest BCUT2D eigenvalue weighted by molar-refractivity contribution is 0.597. The molecule has 0 aliphatic rings. The Kier molecular flexibility index (Phi) is 5.38. The van der Waals surface area contributed by atoms with Gasteiger partial charge in [0.1, 0.15) is 11.4 Å². The summed E-state index contributed by atoms with van der Waals surface area (Å²) in [7, 11) is -3.85. The third kappa shape index (κ3) is 3.97. The average molecular weight is 462 g/mol. The average Bonchev–Trinajstić information content (AvgIpc) is 3.06. The second-order valence-electron chi connectivity index (χ2n) is 6.48. The van der Waals surface area contributed by atoms with E-state index in [1.165, 1.54) is 28.9 Å². The van der Waals surface area contributed by atoms with Crippen LogP contribution >= 0.6 is 23.2 Å². The number of primary sulfonamides is 1. The molecule has 0 saturated heterocycles. The summed E-state index contributed by atoms with van der Waals surface area (Å²) in [6, 6.07) is 19.0. The van der Waals surface area contributed by atoms with E-state index in [0.717, 1.165) is 0 Å². The smallest absolute Gasteiger partial charge is 0.229 e. The molecule has 0 spiro atoms. The quantitative estimate of drug-likeness (QED) is 0.447. The first-order valence-electron chi connectivity index (χ1n) is 8.68. The zero-order chi connectivity index (χ0) is 21.5. The number of nitrogens with zero attached hydrogens (tertiary/aromatic N) is 2. The van der Waals surface area contributed by atoms with Gasteiger partial charge in [0, 0.05) is 21.2 Å². The lowest BCUT2D eigenvalue weighted by atomic mass is 10.1. The van der Waals surface area contributed by atoms with Crippen molar-refractivity contribution in [2.75, 3.05) is 0 Å². The molecule has 0 unspecified atom stereocenters. The van der Waals surface area contributed by atoms with E-state index in [9.17, 15) is 8.42 Å². The van der Waals surface area contributed by atoms with E-state index in [1.54, 1.807) is 48.5 Å². The van der Waals surface area contributed by atoms with Crippen molar-refractivity contribution >= 4 is 33.2 Å². The molecule has 30 heavy (non-hydrogen) atoms. The van der Waals surface area contributed by atoms with Crippen molar-refractivity contribution in [3.05, 3.63) is 88.7 Å². The highest BCUT2D eigenvalue weighted by Gasteiger charge is 2.22. The molecule has 1 heterocycles. The van der Waals surface area contributed by atoms with E-state index in [1.807, 2.05) is 0 Å². The first-order chi connectivity index (χ1) is 14.2.